The summed E-state index contributed by atoms with van der Waals surface area (Å²) in [7, 11) is 1.60. The summed E-state index contributed by atoms with van der Waals surface area (Å²) in [5.41, 5.74) is 3.50. The fourth-order valence-electron chi connectivity index (χ4n) is 4.72. The molecule has 0 unspecified atom stereocenters. The largest absolute Gasteiger partial charge is 0.507 e. The summed E-state index contributed by atoms with van der Waals surface area (Å²) < 4.78 is 21.2. The van der Waals surface area contributed by atoms with Crippen molar-refractivity contribution in [3.8, 4) is 5.75 Å². The molecule has 7 heteroatoms. The smallest absolute Gasteiger partial charge is 0.259 e. The number of halogens is 1. The standard InChI is InChI=1S/C27H32FN3O3/c1-19-8-10-21(11-9-19)26(25-24(32)18-20(2)31(27(25)33)16-17-34-3)30-14-12-29(13-15-30)23-7-5-4-6-22(23)28/h4-11,18,26,32H,12-17H2,1-3H3/t26-/m0/s1. The van der Waals surface area contributed by atoms with Crippen molar-refractivity contribution in [3.05, 3.63) is 93.2 Å². The van der Waals surface area contributed by atoms with Gasteiger partial charge in [0.25, 0.3) is 5.56 Å². The number of benzene rings is 2. The molecule has 1 aliphatic heterocycles. The number of hydrogen-bond donors (Lipinski definition) is 1. The van der Waals surface area contributed by atoms with Crippen molar-refractivity contribution in [2.45, 2.75) is 26.4 Å². The van der Waals surface area contributed by atoms with E-state index < -0.39 is 6.04 Å². The van der Waals surface area contributed by atoms with Gasteiger partial charge in [-0.15, -0.1) is 0 Å². The van der Waals surface area contributed by atoms with Crippen molar-refractivity contribution in [1.29, 1.82) is 0 Å². The number of nitrogens with zero attached hydrogens (tertiary/aromatic N) is 3. The third-order valence-electron chi connectivity index (χ3n) is 6.58. The van der Waals surface area contributed by atoms with Crippen LogP contribution in [0.1, 0.15) is 28.4 Å². The Bertz CT molecular complexity index is 1180. The zero-order valence-corrected chi connectivity index (χ0v) is 20.0. The Morgan fingerprint density at radius 2 is 1.71 bits per heavy atom. The van der Waals surface area contributed by atoms with Gasteiger partial charge in [-0.3, -0.25) is 9.69 Å². The van der Waals surface area contributed by atoms with E-state index >= 15 is 0 Å². The number of methoxy groups -OCH3 is 1. The minimum atomic E-state index is -0.412. The number of aromatic hydroxyl groups is 1. The number of ether oxygens (including phenoxy) is 1. The van der Waals surface area contributed by atoms with Crippen molar-refractivity contribution in [2.75, 3.05) is 44.8 Å². The highest BCUT2D eigenvalue weighted by Gasteiger charge is 2.32. The Hall–Kier alpha value is -3.16. The molecule has 1 fully saturated rings. The van der Waals surface area contributed by atoms with Crippen LogP contribution in [0, 0.1) is 19.7 Å². The summed E-state index contributed by atoms with van der Waals surface area (Å²) in [6, 6.07) is 16.1. The summed E-state index contributed by atoms with van der Waals surface area (Å²) in [6.45, 7) is 7.14. The van der Waals surface area contributed by atoms with Gasteiger partial charge in [-0.05, 0) is 37.6 Å². The molecule has 2 heterocycles. The monoisotopic (exact) mass is 465 g/mol. The molecule has 2 aromatic carbocycles. The molecule has 0 radical (unpaired) electrons. The van der Waals surface area contributed by atoms with Gasteiger partial charge in [0.15, 0.2) is 0 Å². The van der Waals surface area contributed by atoms with E-state index in [9.17, 15) is 14.3 Å². The van der Waals surface area contributed by atoms with E-state index in [2.05, 4.69) is 4.90 Å². The van der Waals surface area contributed by atoms with Crippen LogP contribution in [-0.2, 0) is 11.3 Å². The molecular formula is C27H32FN3O3. The number of aryl methyl sites for hydroxylation is 2. The second-order valence-electron chi connectivity index (χ2n) is 8.82. The topological polar surface area (TPSA) is 57.9 Å². The number of pyridine rings is 1. The molecule has 0 bridgehead atoms. The van der Waals surface area contributed by atoms with Gasteiger partial charge in [-0.1, -0.05) is 42.0 Å². The number of anilines is 1. The Kier molecular flexibility index (Phi) is 7.34. The molecule has 1 aromatic heterocycles. The van der Waals surface area contributed by atoms with E-state index in [4.69, 9.17) is 4.74 Å². The van der Waals surface area contributed by atoms with Gasteiger partial charge >= 0.3 is 0 Å². The summed E-state index contributed by atoms with van der Waals surface area (Å²) in [4.78, 5) is 17.9. The first-order valence-corrected chi connectivity index (χ1v) is 11.6. The lowest BCUT2D eigenvalue weighted by molar-refractivity contribution is 0.183. The van der Waals surface area contributed by atoms with Crippen LogP contribution in [0.3, 0.4) is 0 Å². The highest BCUT2D eigenvalue weighted by Crippen LogP contribution is 2.34. The van der Waals surface area contributed by atoms with Gasteiger partial charge < -0.3 is 19.3 Å². The third-order valence-corrected chi connectivity index (χ3v) is 6.58. The first kappa shape index (κ1) is 24.0. The van der Waals surface area contributed by atoms with Crippen LogP contribution in [0.4, 0.5) is 10.1 Å². The number of rotatable bonds is 7. The van der Waals surface area contributed by atoms with Crippen molar-refractivity contribution < 1.29 is 14.2 Å². The van der Waals surface area contributed by atoms with Crippen LogP contribution in [0.25, 0.3) is 0 Å². The molecular weight excluding hydrogens is 433 g/mol. The van der Waals surface area contributed by atoms with Crippen LogP contribution in [0.15, 0.2) is 59.4 Å². The van der Waals surface area contributed by atoms with Crippen LogP contribution in [0.5, 0.6) is 5.75 Å². The third kappa shape index (κ3) is 4.86. The zero-order chi connectivity index (χ0) is 24.2. The molecule has 6 nitrogen and oxygen atoms in total. The quantitative estimate of drug-likeness (QED) is 0.574. The Balaban J connectivity index is 1.72. The second-order valence-corrected chi connectivity index (χ2v) is 8.82. The number of aromatic nitrogens is 1. The number of para-hydroxylation sites is 1. The van der Waals surface area contributed by atoms with Crippen molar-refractivity contribution in [1.82, 2.24) is 9.47 Å². The predicted molar refractivity (Wildman–Crippen MR) is 132 cm³/mol. The Morgan fingerprint density at radius 1 is 1.03 bits per heavy atom. The first-order valence-electron chi connectivity index (χ1n) is 11.6. The maximum atomic E-state index is 14.3. The molecule has 0 spiro atoms. The average Bonchev–Trinajstić information content (AvgIpc) is 2.83. The van der Waals surface area contributed by atoms with Crippen molar-refractivity contribution in [2.24, 2.45) is 0 Å². The molecule has 0 amide bonds. The lowest BCUT2D eigenvalue weighted by Gasteiger charge is -2.40. The van der Waals surface area contributed by atoms with Gasteiger partial charge in [-0.2, -0.15) is 0 Å². The number of hydrogen-bond acceptors (Lipinski definition) is 5. The molecule has 1 N–H and O–H groups in total. The fraction of sp³-hybridized carbons (Fsp3) is 0.370. The lowest BCUT2D eigenvalue weighted by atomic mass is 9.95. The molecule has 1 aliphatic rings. The number of piperazine rings is 1. The molecule has 1 saturated heterocycles. The molecule has 34 heavy (non-hydrogen) atoms. The van der Waals surface area contributed by atoms with Crippen LogP contribution >= 0.6 is 0 Å². The maximum Gasteiger partial charge on any atom is 0.259 e. The van der Waals surface area contributed by atoms with Crippen LogP contribution in [-0.4, -0.2) is 54.5 Å². The average molecular weight is 466 g/mol. The first-order chi connectivity index (χ1) is 16.4. The molecule has 0 aliphatic carbocycles. The fourth-order valence-corrected chi connectivity index (χ4v) is 4.72. The summed E-state index contributed by atoms with van der Waals surface area (Å²) in [6.07, 6.45) is 0. The van der Waals surface area contributed by atoms with E-state index in [1.54, 1.807) is 29.9 Å². The van der Waals surface area contributed by atoms with E-state index in [0.717, 1.165) is 11.1 Å². The molecule has 3 aromatic rings. The minimum Gasteiger partial charge on any atom is -0.507 e. The SMILES string of the molecule is COCCn1c(C)cc(O)c([C@H](c2ccc(C)cc2)N2CCN(c3ccccc3F)CC2)c1=O. The van der Waals surface area contributed by atoms with Crippen LogP contribution < -0.4 is 10.5 Å². The normalized spacial score (nSPS) is 15.5. The highest BCUT2D eigenvalue weighted by molar-refractivity contribution is 5.48. The van der Waals surface area contributed by atoms with E-state index in [-0.39, 0.29) is 17.1 Å². The van der Waals surface area contributed by atoms with Gasteiger partial charge in [0.1, 0.15) is 11.6 Å². The van der Waals surface area contributed by atoms with E-state index in [0.29, 0.717) is 56.3 Å². The predicted octanol–water partition coefficient (Wildman–Crippen LogP) is 3.87. The maximum absolute atomic E-state index is 14.3. The highest BCUT2D eigenvalue weighted by atomic mass is 19.1. The van der Waals surface area contributed by atoms with Crippen LogP contribution in [0.2, 0.25) is 0 Å². The summed E-state index contributed by atoms with van der Waals surface area (Å²) in [5, 5.41) is 11.0. The van der Waals surface area contributed by atoms with E-state index in [1.165, 1.54) is 6.07 Å². The molecule has 1 atom stereocenters. The summed E-state index contributed by atoms with van der Waals surface area (Å²) >= 11 is 0. The van der Waals surface area contributed by atoms with Gasteiger partial charge in [0.2, 0.25) is 0 Å². The molecule has 180 valence electrons. The second kappa shape index (κ2) is 10.4. The Morgan fingerprint density at radius 3 is 2.35 bits per heavy atom. The van der Waals surface area contributed by atoms with Gasteiger partial charge in [-0.25, -0.2) is 4.39 Å². The molecule has 4 rings (SSSR count). The Labute approximate surface area is 199 Å². The minimum absolute atomic E-state index is 0.00160. The van der Waals surface area contributed by atoms with Crippen molar-refractivity contribution in [3.63, 3.8) is 0 Å². The van der Waals surface area contributed by atoms with Crippen molar-refractivity contribution >= 4 is 5.69 Å². The zero-order valence-electron chi connectivity index (χ0n) is 20.0. The lowest BCUT2D eigenvalue weighted by Crippen LogP contribution is -2.49. The van der Waals surface area contributed by atoms with Gasteiger partial charge in [0, 0.05) is 45.5 Å². The van der Waals surface area contributed by atoms with E-state index in [1.807, 2.05) is 49.1 Å². The van der Waals surface area contributed by atoms with Gasteiger partial charge in [0.05, 0.1) is 23.9 Å². The molecule has 0 saturated carbocycles. The summed E-state index contributed by atoms with van der Waals surface area (Å²) in [5.74, 6) is -0.235.